The highest BCUT2D eigenvalue weighted by molar-refractivity contribution is 5.40. The Hall–Kier alpha value is -1.60. The third kappa shape index (κ3) is 2.45. The predicted octanol–water partition coefficient (Wildman–Crippen LogP) is 1.08. The number of aromatic nitrogens is 1. The van der Waals surface area contributed by atoms with Crippen LogP contribution in [0.2, 0.25) is 0 Å². The fourth-order valence-corrected chi connectivity index (χ4v) is 1.66. The van der Waals surface area contributed by atoms with E-state index >= 15 is 0 Å². The van der Waals surface area contributed by atoms with Gasteiger partial charge in [-0.3, -0.25) is 4.98 Å². The average Bonchev–Trinajstić information content (AvgIpc) is 2.31. The van der Waals surface area contributed by atoms with E-state index in [1.807, 2.05) is 0 Å². The van der Waals surface area contributed by atoms with Crippen molar-refractivity contribution in [1.29, 1.82) is 5.26 Å². The van der Waals surface area contributed by atoms with E-state index in [2.05, 4.69) is 16.4 Å². The lowest BCUT2D eigenvalue weighted by Gasteiger charge is -2.23. The van der Waals surface area contributed by atoms with Crippen molar-refractivity contribution in [3.8, 4) is 11.8 Å². The molecule has 2 heterocycles. The van der Waals surface area contributed by atoms with Crippen LogP contribution >= 0.6 is 0 Å². The van der Waals surface area contributed by atoms with Gasteiger partial charge in [0.25, 0.3) is 0 Å². The van der Waals surface area contributed by atoms with E-state index < -0.39 is 0 Å². The minimum atomic E-state index is 0.211. The molecule has 1 aromatic rings. The molecule has 1 aliphatic rings. The molecule has 1 aromatic heterocycles. The molecule has 0 radical (unpaired) electrons. The van der Waals surface area contributed by atoms with Crippen LogP contribution in [0.3, 0.4) is 0 Å². The van der Waals surface area contributed by atoms with E-state index in [4.69, 9.17) is 10.00 Å². The Kier molecular flexibility index (Phi) is 3.15. The standard InChI is InChI=1S/C11H13N3O/c12-7-9-1-4-14-8-11(9)15-10-2-5-13-6-3-10/h1,4,8,10,13H,2-3,5-6H2. The van der Waals surface area contributed by atoms with Gasteiger partial charge < -0.3 is 10.1 Å². The van der Waals surface area contributed by atoms with Gasteiger partial charge in [0.1, 0.15) is 12.2 Å². The van der Waals surface area contributed by atoms with Gasteiger partial charge in [0.2, 0.25) is 0 Å². The van der Waals surface area contributed by atoms with Crippen LogP contribution in [-0.4, -0.2) is 24.2 Å². The van der Waals surface area contributed by atoms with Crippen molar-refractivity contribution < 1.29 is 4.74 Å². The first-order valence-electron chi connectivity index (χ1n) is 5.11. The summed E-state index contributed by atoms with van der Waals surface area (Å²) in [4.78, 5) is 3.97. The van der Waals surface area contributed by atoms with Gasteiger partial charge in [0.05, 0.1) is 11.8 Å². The van der Waals surface area contributed by atoms with E-state index in [1.165, 1.54) is 0 Å². The first kappa shape index (κ1) is 9.94. The van der Waals surface area contributed by atoms with Crippen LogP contribution in [0.15, 0.2) is 18.5 Å². The zero-order valence-electron chi connectivity index (χ0n) is 8.44. The lowest BCUT2D eigenvalue weighted by Crippen LogP contribution is -2.34. The molecule has 0 aliphatic carbocycles. The summed E-state index contributed by atoms with van der Waals surface area (Å²) in [5.74, 6) is 0.604. The van der Waals surface area contributed by atoms with Crippen molar-refractivity contribution in [3.05, 3.63) is 24.0 Å². The van der Waals surface area contributed by atoms with E-state index in [-0.39, 0.29) is 6.10 Å². The van der Waals surface area contributed by atoms with Gasteiger partial charge in [0, 0.05) is 6.20 Å². The zero-order chi connectivity index (χ0) is 10.5. The minimum absolute atomic E-state index is 0.211. The molecule has 1 N–H and O–H groups in total. The number of nitrogens with zero attached hydrogens (tertiary/aromatic N) is 2. The molecule has 0 bridgehead atoms. The predicted molar refractivity (Wildman–Crippen MR) is 55.5 cm³/mol. The summed E-state index contributed by atoms with van der Waals surface area (Å²) < 4.78 is 5.75. The number of nitriles is 1. The number of nitrogens with one attached hydrogen (secondary N) is 1. The second-order valence-electron chi connectivity index (χ2n) is 3.55. The number of pyridine rings is 1. The maximum absolute atomic E-state index is 8.88. The van der Waals surface area contributed by atoms with Crippen molar-refractivity contribution in [3.63, 3.8) is 0 Å². The normalized spacial score (nSPS) is 17.0. The van der Waals surface area contributed by atoms with Crippen LogP contribution in [0.25, 0.3) is 0 Å². The maximum atomic E-state index is 8.88. The molecule has 1 aliphatic heterocycles. The van der Waals surface area contributed by atoms with Crippen molar-refractivity contribution in [2.24, 2.45) is 0 Å². The van der Waals surface area contributed by atoms with Crippen LogP contribution in [-0.2, 0) is 0 Å². The number of hydrogen-bond donors (Lipinski definition) is 1. The maximum Gasteiger partial charge on any atom is 0.155 e. The van der Waals surface area contributed by atoms with Gasteiger partial charge >= 0.3 is 0 Å². The topological polar surface area (TPSA) is 57.9 Å². The Balaban J connectivity index is 2.06. The highest BCUT2D eigenvalue weighted by Gasteiger charge is 2.15. The molecule has 0 unspecified atom stereocenters. The van der Waals surface area contributed by atoms with Gasteiger partial charge in [0.15, 0.2) is 5.75 Å². The summed E-state index contributed by atoms with van der Waals surface area (Å²) >= 11 is 0. The Morgan fingerprint density at radius 1 is 1.47 bits per heavy atom. The molecule has 1 fully saturated rings. The number of piperidine rings is 1. The highest BCUT2D eigenvalue weighted by Crippen LogP contribution is 2.19. The third-order valence-corrected chi connectivity index (χ3v) is 2.48. The van der Waals surface area contributed by atoms with Crippen LogP contribution in [0.1, 0.15) is 18.4 Å². The summed E-state index contributed by atoms with van der Waals surface area (Å²) in [6, 6.07) is 3.78. The fraction of sp³-hybridized carbons (Fsp3) is 0.455. The van der Waals surface area contributed by atoms with Crippen LogP contribution in [0, 0.1) is 11.3 Å². The van der Waals surface area contributed by atoms with Gasteiger partial charge in [-0.05, 0) is 32.0 Å². The molecular formula is C11H13N3O. The minimum Gasteiger partial charge on any atom is -0.487 e. The van der Waals surface area contributed by atoms with Crippen molar-refractivity contribution in [2.75, 3.05) is 13.1 Å². The fourth-order valence-electron chi connectivity index (χ4n) is 1.66. The number of hydrogen-bond acceptors (Lipinski definition) is 4. The van der Waals surface area contributed by atoms with Crippen LogP contribution in [0.5, 0.6) is 5.75 Å². The van der Waals surface area contributed by atoms with Crippen molar-refractivity contribution in [1.82, 2.24) is 10.3 Å². The molecule has 0 aromatic carbocycles. The quantitative estimate of drug-likeness (QED) is 0.781. The Morgan fingerprint density at radius 3 is 3.00 bits per heavy atom. The molecule has 2 rings (SSSR count). The second-order valence-corrected chi connectivity index (χ2v) is 3.55. The van der Waals surface area contributed by atoms with Crippen molar-refractivity contribution >= 4 is 0 Å². The lowest BCUT2D eigenvalue weighted by molar-refractivity contribution is 0.161. The summed E-state index contributed by atoms with van der Waals surface area (Å²) in [5.41, 5.74) is 0.559. The zero-order valence-corrected chi connectivity index (χ0v) is 8.44. The SMILES string of the molecule is N#Cc1ccncc1OC1CCNCC1. The number of rotatable bonds is 2. The smallest absolute Gasteiger partial charge is 0.155 e. The summed E-state index contributed by atoms with van der Waals surface area (Å²) in [7, 11) is 0. The molecule has 4 heteroatoms. The molecule has 0 saturated carbocycles. The van der Waals surface area contributed by atoms with Crippen LogP contribution in [0.4, 0.5) is 0 Å². The third-order valence-electron chi connectivity index (χ3n) is 2.48. The lowest BCUT2D eigenvalue weighted by atomic mass is 10.1. The summed E-state index contributed by atoms with van der Waals surface area (Å²) in [6.45, 7) is 1.96. The van der Waals surface area contributed by atoms with Gasteiger partial charge in [-0.25, -0.2) is 0 Å². The van der Waals surface area contributed by atoms with E-state index in [1.54, 1.807) is 18.5 Å². The van der Waals surface area contributed by atoms with Crippen LogP contribution < -0.4 is 10.1 Å². The first-order chi connectivity index (χ1) is 7.40. The second kappa shape index (κ2) is 4.76. The Labute approximate surface area is 88.9 Å². The largest absolute Gasteiger partial charge is 0.487 e. The molecule has 0 spiro atoms. The molecular weight excluding hydrogens is 190 g/mol. The summed E-state index contributed by atoms with van der Waals surface area (Å²) in [6.07, 6.45) is 5.40. The van der Waals surface area contributed by atoms with E-state index in [0.717, 1.165) is 25.9 Å². The van der Waals surface area contributed by atoms with E-state index in [0.29, 0.717) is 11.3 Å². The van der Waals surface area contributed by atoms with Gasteiger partial charge in [-0.15, -0.1) is 0 Å². The highest BCUT2D eigenvalue weighted by atomic mass is 16.5. The first-order valence-corrected chi connectivity index (χ1v) is 5.11. The summed E-state index contributed by atoms with van der Waals surface area (Å²) in [5, 5.41) is 12.1. The molecule has 1 saturated heterocycles. The number of ether oxygens (including phenoxy) is 1. The molecule has 0 atom stereocenters. The van der Waals surface area contributed by atoms with Gasteiger partial charge in [-0.1, -0.05) is 0 Å². The molecule has 4 nitrogen and oxygen atoms in total. The molecule has 0 amide bonds. The average molecular weight is 203 g/mol. The van der Waals surface area contributed by atoms with E-state index in [9.17, 15) is 0 Å². The molecule has 15 heavy (non-hydrogen) atoms. The Bertz CT molecular complexity index is 366. The Morgan fingerprint density at radius 2 is 2.27 bits per heavy atom. The monoisotopic (exact) mass is 203 g/mol. The van der Waals surface area contributed by atoms with Crippen molar-refractivity contribution in [2.45, 2.75) is 18.9 Å². The van der Waals surface area contributed by atoms with Gasteiger partial charge in [-0.2, -0.15) is 5.26 Å². The molecule has 78 valence electrons.